The molecule has 2 fully saturated rings. The lowest BCUT2D eigenvalue weighted by Gasteiger charge is -2.34. The summed E-state index contributed by atoms with van der Waals surface area (Å²) in [6.07, 6.45) is 2.59. The molecule has 0 aromatic heterocycles. The van der Waals surface area contributed by atoms with Crippen molar-refractivity contribution in [2.24, 2.45) is 11.8 Å². The van der Waals surface area contributed by atoms with Crippen LogP contribution in [0.4, 0.5) is 0 Å². The number of nitrogens with one attached hydrogen (secondary N) is 1. The Kier molecular flexibility index (Phi) is 9.80. The maximum absolute atomic E-state index is 13.9. The van der Waals surface area contributed by atoms with E-state index in [1.165, 1.54) is 0 Å². The lowest BCUT2D eigenvalue weighted by atomic mass is 9.93. The Balaban J connectivity index is 1.26. The molecule has 0 bridgehead atoms. The molecule has 1 aliphatic carbocycles. The second-order valence-corrected chi connectivity index (χ2v) is 11.8. The number of benzene rings is 3. The van der Waals surface area contributed by atoms with Crippen molar-refractivity contribution in [1.29, 1.82) is 0 Å². The molecule has 42 heavy (non-hydrogen) atoms. The van der Waals surface area contributed by atoms with E-state index in [1.54, 1.807) is 19.2 Å². The fourth-order valence-electron chi connectivity index (χ4n) is 5.78. The molecular weight excluding hydrogens is 526 g/mol. The highest BCUT2D eigenvalue weighted by Crippen LogP contribution is 2.32. The van der Waals surface area contributed by atoms with Gasteiger partial charge in [0.15, 0.2) is 11.5 Å². The molecule has 2 atom stereocenters. The molecule has 1 aliphatic heterocycles. The van der Waals surface area contributed by atoms with Gasteiger partial charge < -0.3 is 24.6 Å². The highest BCUT2D eigenvalue weighted by Gasteiger charge is 2.38. The molecule has 2 amide bonds. The number of ether oxygens (including phenoxy) is 2. The van der Waals surface area contributed by atoms with Gasteiger partial charge in [-0.15, -0.1) is 0 Å². The van der Waals surface area contributed by atoms with E-state index >= 15 is 0 Å². The van der Waals surface area contributed by atoms with Crippen LogP contribution in [-0.4, -0.2) is 67.0 Å². The van der Waals surface area contributed by atoms with Crippen LogP contribution in [-0.2, 0) is 17.8 Å². The summed E-state index contributed by atoms with van der Waals surface area (Å²) in [5.74, 6) is 1.87. The summed E-state index contributed by atoms with van der Waals surface area (Å²) >= 11 is 0. The monoisotopic (exact) mass is 569 g/mol. The lowest BCUT2D eigenvalue weighted by molar-refractivity contribution is -0.131. The summed E-state index contributed by atoms with van der Waals surface area (Å²) in [4.78, 5) is 31.3. The van der Waals surface area contributed by atoms with E-state index in [9.17, 15) is 9.59 Å². The zero-order valence-electron chi connectivity index (χ0n) is 25.0. The van der Waals surface area contributed by atoms with Gasteiger partial charge in [-0.1, -0.05) is 60.7 Å². The van der Waals surface area contributed by atoms with Crippen molar-refractivity contribution in [3.05, 3.63) is 95.6 Å². The van der Waals surface area contributed by atoms with Crippen molar-refractivity contribution < 1.29 is 19.1 Å². The van der Waals surface area contributed by atoms with Crippen LogP contribution >= 0.6 is 0 Å². The van der Waals surface area contributed by atoms with E-state index in [2.05, 4.69) is 24.1 Å². The van der Waals surface area contributed by atoms with Gasteiger partial charge in [0.1, 0.15) is 6.61 Å². The topological polar surface area (TPSA) is 71.1 Å². The van der Waals surface area contributed by atoms with Gasteiger partial charge in [-0.3, -0.25) is 9.59 Å². The number of methoxy groups -OCH3 is 1. The molecule has 5 rings (SSSR count). The summed E-state index contributed by atoms with van der Waals surface area (Å²) in [7, 11) is 1.61. The summed E-state index contributed by atoms with van der Waals surface area (Å²) in [6.45, 7) is 7.56. The average Bonchev–Trinajstić information content (AvgIpc) is 3.76. The normalized spacial score (nSPS) is 18.1. The number of hydrogen-bond donors (Lipinski definition) is 1. The van der Waals surface area contributed by atoms with Crippen molar-refractivity contribution >= 4 is 11.8 Å². The van der Waals surface area contributed by atoms with Gasteiger partial charge in [0.2, 0.25) is 5.91 Å². The maximum atomic E-state index is 13.9. The van der Waals surface area contributed by atoms with E-state index in [1.807, 2.05) is 71.6 Å². The van der Waals surface area contributed by atoms with E-state index in [-0.39, 0.29) is 23.8 Å². The van der Waals surface area contributed by atoms with E-state index in [0.29, 0.717) is 48.6 Å². The standard InChI is InChI=1S/C35H43N3O4/c1-25(2)37(35(40)28-14-17-32(41-3)33(19-28)42-24-27-12-8-5-9-13-27)22-29-20-36-21-30(29)23-38(31-15-16-31)34(39)18-26-10-6-4-7-11-26/h4-14,17,19,25,29-31,36H,15-16,18,20-24H2,1-3H3. The fraction of sp³-hybridized carbons (Fsp3) is 0.429. The van der Waals surface area contributed by atoms with Crippen LogP contribution in [0, 0.1) is 11.8 Å². The Hall–Kier alpha value is -3.84. The SMILES string of the molecule is COc1ccc(C(=O)N(CC2CNCC2CN(C(=O)Cc2ccccc2)C2CC2)C(C)C)cc1OCc1ccccc1. The number of carbonyl (C=O) groups excluding carboxylic acids is 2. The molecule has 7 nitrogen and oxygen atoms in total. The second-order valence-electron chi connectivity index (χ2n) is 11.8. The smallest absolute Gasteiger partial charge is 0.254 e. The Labute approximate surface area is 249 Å². The molecular formula is C35H43N3O4. The molecule has 1 heterocycles. The van der Waals surface area contributed by atoms with Crippen molar-refractivity contribution in [3.63, 3.8) is 0 Å². The molecule has 0 spiro atoms. The predicted octanol–water partition coefficient (Wildman–Crippen LogP) is 5.19. The van der Waals surface area contributed by atoms with Gasteiger partial charge in [0, 0.05) is 43.8 Å². The van der Waals surface area contributed by atoms with Crippen molar-refractivity contribution in [2.45, 2.75) is 51.8 Å². The molecule has 1 N–H and O–H groups in total. The fourth-order valence-corrected chi connectivity index (χ4v) is 5.78. The molecule has 3 aromatic rings. The van der Waals surface area contributed by atoms with Gasteiger partial charge in [-0.05, 0) is 67.9 Å². The van der Waals surface area contributed by atoms with Crippen LogP contribution in [0.3, 0.4) is 0 Å². The summed E-state index contributed by atoms with van der Waals surface area (Å²) < 4.78 is 11.6. The summed E-state index contributed by atoms with van der Waals surface area (Å²) in [5.41, 5.74) is 2.67. The first-order valence-electron chi connectivity index (χ1n) is 15.1. The van der Waals surface area contributed by atoms with Crippen LogP contribution in [0.5, 0.6) is 11.5 Å². The highest BCUT2D eigenvalue weighted by molar-refractivity contribution is 5.95. The Morgan fingerprint density at radius 3 is 2.12 bits per heavy atom. The van der Waals surface area contributed by atoms with Crippen LogP contribution in [0.15, 0.2) is 78.9 Å². The van der Waals surface area contributed by atoms with Gasteiger partial charge in [-0.25, -0.2) is 0 Å². The number of rotatable bonds is 13. The van der Waals surface area contributed by atoms with E-state index in [0.717, 1.165) is 43.6 Å². The van der Waals surface area contributed by atoms with Gasteiger partial charge in [-0.2, -0.15) is 0 Å². The third kappa shape index (κ3) is 7.51. The number of amides is 2. The molecule has 2 unspecified atom stereocenters. The zero-order valence-corrected chi connectivity index (χ0v) is 25.0. The van der Waals surface area contributed by atoms with Crippen molar-refractivity contribution in [2.75, 3.05) is 33.3 Å². The predicted molar refractivity (Wildman–Crippen MR) is 165 cm³/mol. The number of nitrogens with zero attached hydrogens (tertiary/aromatic N) is 2. The molecule has 3 aromatic carbocycles. The van der Waals surface area contributed by atoms with E-state index < -0.39 is 0 Å². The first kappa shape index (κ1) is 29.6. The maximum Gasteiger partial charge on any atom is 0.254 e. The third-order valence-electron chi connectivity index (χ3n) is 8.38. The van der Waals surface area contributed by atoms with Crippen molar-refractivity contribution in [1.82, 2.24) is 15.1 Å². The summed E-state index contributed by atoms with van der Waals surface area (Å²) in [5, 5.41) is 3.54. The minimum absolute atomic E-state index is 0.0220. The highest BCUT2D eigenvalue weighted by atomic mass is 16.5. The first-order chi connectivity index (χ1) is 20.4. The largest absolute Gasteiger partial charge is 0.493 e. The first-order valence-corrected chi connectivity index (χ1v) is 15.1. The molecule has 7 heteroatoms. The zero-order chi connectivity index (χ0) is 29.5. The van der Waals surface area contributed by atoms with Crippen LogP contribution in [0.1, 0.15) is 48.2 Å². The Morgan fingerprint density at radius 2 is 1.50 bits per heavy atom. The van der Waals surface area contributed by atoms with E-state index in [4.69, 9.17) is 9.47 Å². The molecule has 1 saturated carbocycles. The van der Waals surface area contributed by atoms with Crippen LogP contribution in [0.2, 0.25) is 0 Å². The Morgan fingerprint density at radius 1 is 0.857 bits per heavy atom. The lowest BCUT2D eigenvalue weighted by Crippen LogP contribution is -2.45. The minimum atomic E-state index is -0.0259. The van der Waals surface area contributed by atoms with Crippen LogP contribution < -0.4 is 14.8 Å². The van der Waals surface area contributed by atoms with Crippen molar-refractivity contribution in [3.8, 4) is 11.5 Å². The van der Waals surface area contributed by atoms with Gasteiger partial charge in [0.25, 0.3) is 5.91 Å². The molecule has 2 aliphatic rings. The molecule has 0 radical (unpaired) electrons. The van der Waals surface area contributed by atoms with Crippen LogP contribution in [0.25, 0.3) is 0 Å². The minimum Gasteiger partial charge on any atom is -0.493 e. The van der Waals surface area contributed by atoms with Gasteiger partial charge >= 0.3 is 0 Å². The molecule has 222 valence electrons. The third-order valence-corrected chi connectivity index (χ3v) is 8.38. The molecule has 1 saturated heterocycles. The average molecular weight is 570 g/mol. The van der Waals surface area contributed by atoms with Gasteiger partial charge in [0.05, 0.1) is 13.5 Å². The number of carbonyl (C=O) groups is 2. The summed E-state index contributed by atoms with van der Waals surface area (Å²) in [6, 6.07) is 25.7. The Bertz CT molecular complexity index is 1330. The second kappa shape index (κ2) is 13.9. The quantitative estimate of drug-likeness (QED) is 0.307. The number of hydrogen-bond acceptors (Lipinski definition) is 5.